The van der Waals surface area contributed by atoms with Gasteiger partial charge in [0.2, 0.25) is 0 Å². The molecule has 5 rings (SSSR count). The molecule has 3 atom stereocenters. The number of benzene rings is 2. The summed E-state index contributed by atoms with van der Waals surface area (Å²) >= 11 is 0. The number of ether oxygens (including phenoxy) is 2. The Morgan fingerprint density at radius 3 is 2.29 bits per heavy atom. The summed E-state index contributed by atoms with van der Waals surface area (Å²) in [5, 5.41) is 6.70. The lowest BCUT2D eigenvalue weighted by Gasteiger charge is -2.46. The van der Waals surface area contributed by atoms with Gasteiger partial charge in [0.15, 0.2) is 5.76 Å². The van der Waals surface area contributed by atoms with Gasteiger partial charge in [-0.1, -0.05) is 95.3 Å². The van der Waals surface area contributed by atoms with E-state index >= 15 is 0 Å². The molecule has 7 nitrogen and oxygen atoms in total. The zero-order chi connectivity index (χ0) is 30.0. The van der Waals surface area contributed by atoms with Crippen molar-refractivity contribution in [1.82, 2.24) is 10.1 Å². The number of aromatic nitrogens is 1. The molecule has 0 amide bonds. The standard InChI is InChI=1S/C34H46N2O5Si/c1-25(2)31(32(37)38-6)29-22-30(35-41-29)39-23-26-18-20-34(19-13-21-36(26)34)24-40-42(33(3,4)5,27-14-9-7-10-15-27)28-16-11-8-12-17-28/h7-12,14-17,22,25-26,31H,13,18-21,23-24H2,1-6H3/t26-,31?,34-/m0/s1. The molecule has 2 saturated heterocycles. The molecule has 2 aliphatic rings. The van der Waals surface area contributed by atoms with Crippen molar-refractivity contribution in [2.24, 2.45) is 5.92 Å². The van der Waals surface area contributed by atoms with Crippen LogP contribution in [0.25, 0.3) is 0 Å². The van der Waals surface area contributed by atoms with Gasteiger partial charge in [0.25, 0.3) is 14.2 Å². The van der Waals surface area contributed by atoms with Crippen molar-refractivity contribution in [2.75, 3.05) is 26.9 Å². The molecule has 42 heavy (non-hydrogen) atoms. The summed E-state index contributed by atoms with van der Waals surface area (Å²) in [5.41, 5.74) is 0.00367. The average molecular weight is 591 g/mol. The van der Waals surface area contributed by atoms with E-state index in [1.807, 2.05) is 13.8 Å². The highest BCUT2D eigenvalue weighted by Crippen LogP contribution is 2.45. The first-order chi connectivity index (χ1) is 20.1. The second-order valence-electron chi connectivity index (χ2n) is 13.3. The molecule has 2 aromatic carbocycles. The van der Waals surface area contributed by atoms with Crippen LogP contribution in [0.3, 0.4) is 0 Å². The Hall–Kier alpha value is -2.94. The van der Waals surface area contributed by atoms with E-state index in [1.165, 1.54) is 17.5 Å². The van der Waals surface area contributed by atoms with Crippen molar-refractivity contribution in [2.45, 2.75) is 82.8 Å². The minimum atomic E-state index is -2.62. The van der Waals surface area contributed by atoms with E-state index in [9.17, 15) is 4.79 Å². The van der Waals surface area contributed by atoms with E-state index in [-0.39, 0.29) is 28.5 Å². The summed E-state index contributed by atoms with van der Waals surface area (Å²) in [6, 6.07) is 23.8. The number of nitrogens with zero attached hydrogens (tertiary/aromatic N) is 2. The minimum Gasteiger partial charge on any atom is -0.474 e. The predicted octanol–water partition coefficient (Wildman–Crippen LogP) is 5.54. The van der Waals surface area contributed by atoms with E-state index in [1.54, 1.807) is 6.07 Å². The van der Waals surface area contributed by atoms with E-state index in [4.69, 9.17) is 18.4 Å². The molecule has 0 spiro atoms. The van der Waals surface area contributed by atoms with Gasteiger partial charge in [-0.25, -0.2) is 0 Å². The molecule has 0 N–H and O–H groups in total. The van der Waals surface area contributed by atoms with Crippen molar-refractivity contribution >= 4 is 24.7 Å². The Morgan fingerprint density at radius 2 is 1.71 bits per heavy atom. The maximum absolute atomic E-state index is 12.3. The lowest BCUT2D eigenvalue weighted by molar-refractivity contribution is -0.144. The van der Waals surface area contributed by atoms with Crippen LogP contribution in [0, 0.1) is 5.92 Å². The normalized spacial score (nSPS) is 21.8. The molecule has 0 radical (unpaired) electrons. The Kier molecular flexibility index (Phi) is 8.97. The second-order valence-corrected chi connectivity index (χ2v) is 17.6. The number of rotatable bonds is 11. The molecule has 2 aliphatic heterocycles. The predicted molar refractivity (Wildman–Crippen MR) is 167 cm³/mol. The van der Waals surface area contributed by atoms with Gasteiger partial charge in [0.1, 0.15) is 12.5 Å². The summed E-state index contributed by atoms with van der Waals surface area (Å²) in [6.45, 7) is 13.2. The van der Waals surface area contributed by atoms with Crippen LogP contribution in [0.2, 0.25) is 5.04 Å². The van der Waals surface area contributed by atoms with Gasteiger partial charge in [-0.3, -0.25) is 9.69 Å². The maximum Gasteiger partial charge on any atom is 0.316 e. The third kappa shape index (κ3) is 5.69. The van der Waals surface area contributed by atoms with Crippen LogP contribution in [0.1, 0.15) is 72.0 Å². The van der Waals surface area contributed by atoms with Gasteiger partial charge in [-0.05, 0) is 58.7 Å². The van der Waals surface area contributed by atoms with E-state index in [2.05, 4.69) is 91.5 Å². The number of hydrogen-bond acceptors (Lipinski definition) is 7. The number of hydrogen-bond donors (Lipinski definition) is 0. The fourth-order valence-electron chi connectivity index (χ4n) is 7.31. The zero-order valence-electron chi connectivity index (χ0n) is 26.0. The molecule has 1 unspecified atom stereocenters. The fraction of sp³-hybridized carbons (Fsp3) is 0.529. The van der Waals surface area contributed by atoms with Gasteiger partial charge in [0.05, 0.1) is 13.7 Å². The molecular formula is C34H46N2O5Si. The van der Waals surface area contributed by atoms with Crippen LogP contribution < -0.4 is 15.1 Å². The van der Waals surface area contributed by atoms with Crippen molar-refractivity contribution in [3.8, 4) is 5.88 Å². The summed E-state index contributed by atoms with van der Waals surface area (Å²) in [4.78, 5) is 14.9. The smallest absolute Gasteiger partial charge is 0.316 e. The molecule has 3 aromatic rings. The topological polar surface area (TPSA) is 74.0 Å². The van der Waals surface area contributed by atoms with Crippen molar-refractivity contribution in [3.63, 3.8) is 0 Å². The Balaban J connectivity index is 1.33. The van der Waals surface area contributed by atoms with Crippen LogP contribution in [0.5, 0.6) is 5.88 Å². The van der Waals surface area contributed by atoms with Crippen LogP contribution in [-0.4, -0.2) is 62.8 Å². The largest absolute Gasteiger partial charge is 0.474 e. The summed E-state index contributed by atoms with van der Waals surface area (Å²) in [7, 11) is -1.23. The quantitative estimate of drug-likeness (QED) is 0.214. The Labute approximate surface area is 251 Å². The van der Waals surface area contributed by atoms with E-state index in [0.717, 1.165) is 32.2 Å². The molecule has 0 aliphatic carbocycles. The highest BCUT2D eigenvalue weighted by atomic mass is 28.4. The fourth-order valence-corrected chi connectivity index (χ4v) is 11.9. The minimum absolute atomic E-state index is 0.00367. The molecule has 0 bridgehead atoms. The van der Waals surface area contributed by atoms with Crippen LogP contribution in [-0.2, 0) is 14.0 Å². The van der Waals surface area contributed by atoms with Gasteiger partial charge in [-0.15, -0.1) is 0 Å². The first kappa shape index (κ1) is 30.5. The van der Waals surface area contributed by atoms with Crippen molar-refractivity contribution in [3.05, 3.63) is 72.5 Å². The highest BCUT2D eigenvalue weighted by molar-refractivity contribution is 6.99. The third-order valence-electron chi connectivity index (χ3n) is 9.37. The van der Waals surface area contributed by atoms with Crippen LogP contribution >= 0.6 is 0 Å². The number of methoxy groups -OCH3 is 1. The van der Waals surface area contributed by atoms with Crippen molar-refractivity contribution < 1.29 is 23.2 Å². The van der Waals surface area contributed by atoms with Gasteiger partial charge in [0, 0.05) is 17.6 Å². The third-order valence-corrected chi connectivity index (χ3v) is 14.3. The van der Waals surface area contributed by atoms with Gasteiger partial charge >= 0.3 is 5.97 Å². The number of fused-ring (bicyclic) bond motifs is 1. The van der Waals surface area contributed by atoms with E-state index < -0.39 is 14.2 Å². The van der Waals surface area contributed by atoms with Crippen LogP contribution in [0.4, 0.5) is 0 Å². The molecule has 8 heteroatoms. The number of carbonyl (C=O) groups excluding carboxylic acids is 1. The van der Waals surface area contributed by atoms with E-state index in [0.29, 0.717) is 24.9 Å². The molecule has 3 heterocycles. The van der Waals surface area contributed by atoms with Crippen molar-refractivity contribution in [1.29, 1.82) is 0 Å². The van der Waals surface area contributed by atoms with Gasteiger partial charge < -0.3 is 18.4 Å². The van der Waals surface area contributed by atoms with Gasteiger partial charge in [-0.2, -0.15) is 0 Å². The lowest BCUT2D eigenvalue weighted by Crippen LogP contribution is -2.68. The molecular weight excluding hydrogens is 544 g/mol. The number of carbonyl (C=O) groups is 1. The average Bonchev–Trinajstić information content (AvgIpc) is 3.69. The maximum atomic E-state index is 12.3. The monoisotopic (exact) mass is 590 g/mol. The SMILES string of the molecule is COC(=O)C(c1cc(OC[C@@H]2CC[C@]3(CO[Si](c4ccccc4)(c4ccccc4)C(C)(C)C)CCCN23)no1)C(C)C. The summed E-state index contributed by atoms with van der Waals surface area (Å²) in [6.07, 6.45) is 4.42. The lowest BCUT2D eigenvalue weighted by atomic mass is 9.93. The van der Waals surface area contributed by atoms with Crippen LogP contribution in [0.15, 0.2) is 71.3 Å². The Morgan fingerprint density at radius 1 is 1.07 bits per heavy atom. The number of esters is 1. The zero-order valence-corrected chi connectivity index (χ0v) is 27.0. The first-order valence-corrected chi connectivity index (χ1v) is 17.2. The molecule has 1 aromatic heterocycles. The highest BCUT2D eigenvalue weighted by Gasteiger charge is 2.55. The Bertz CT molecular complexity index is 1280. The first-order valence-electron chi connectivity index (χ1n) is 15.3. The summed E-state index contributed by atoms with van der Waals surface area (Å²) in [5.74, 6) is 0.0866. The summed E-state index contributed by atoms with van der Waals surface area (Å²) < 4.78 is 24.1. The molecule has 0 saturated carbocycles. The molecule has 226 valence electrons. The second kappa shape index (κ2) is 12.3. The molecule has 2 fully saturated rings.